The fourth-order valence-electron chi connectivity index (χ4n) is 1.63. The first-order chi connectivity index (χ1) is 9.02. The van der Waals surface area contributed by atoms with E-state index in [4.69, 9.17) is 5.26 Å². The Morgan fingerprint density at radius 1 is 1.37 bits per heavy atom. The number of urea groups is 1. The number of carbonyl (C=O) groups is 1. The van der Waals surface area contributed by atoms with Gasteiger partial charge < -0.3 is 10.2 Å². The van der Waals surface area contributed by atoms with Crippen LogP contribution >= 0.6 is 0 Å². The molecule has 19 heavy (non-hydrogen) atoms. The van der Waals surface area contributed by atoms with E-state index in [0.717, 1.165) is 12.0 Å². The van der Waals surface area contributed by atoms with E-state index >= 15 is 0 Å². The normalized spacial score (nSPS) is 10.1. The number of hydrogen-bond acceptors (Lipinski definition) is 2. The van der Waals surface area contributed by atoms with Gasteiger partial charge in [-0.1, -0.05) is 26.0 Å². The molecule has 1 rings (SSSR count). The Bertz CT molecular complexity index is 445. The van der Waals surface area contributed by atoms with Gasteiger partial charge in [0.05, 0.1) is 11.6 Å². The number of hydrogen-bond donors (Lipinski definition) is 1. The molecule has 0 spiro atoms. The zero-order valence-electron chi connectivity index (χ0n) is 11.8. The summed E-state index contributed by atoms with van der Waals surface area (Å²) in [7, 11) is 1.77. The van der Waals surface area contributed by atoms with Crippen molar-refractivity contribution in [2.75, 3.05) is 13.6 Å². The van der Waals surface area contributed by atoms with Crippen molar-refractivity contribution in [2.24, 2.45) is 5.92 Å². The summed E-state index contributed by atoms with van der Waals surface area (Å²) in [6.07, 6.45) is 0.983. The lowest BCUT2D eigenvalue weighted by atomic mass is 10.1. The average Bonchev–Trinajstić information content (AvgIpc) is 2.39. The fourth-order valence-corrected chi connectivity index (χ4v) is 1.63. The van der Waals surface area contributed by atoms with Gasteiger partial charge in [0, 0.05) is 20.1 Å². The number of nitrogens with one attached hydrogen (secondary N) is 1. The Labute approximate surface area is 115 Å². The van der Waals surface area contributed by atoms with Crippen molar-refractivity contribution in [3.8, 4) is 6.07 Å². The predicted molar refractivity (Wildman–Crippen MR) is 75.5 cm³/mol. The predicted octanol–water partition coefficient (Wildman–Crippen LogP) is 2.75. The molecule has 0 aliphatic rings. The molecule has 0 aromatic heterocycles. The molecular weight excluding hydrogens is 238 g/mol. The van der Waals surface area contributed by atoms with Crippen molar-refractivity contribution >= 4 is 6.03 Å². The second-order valence-corrected chi connectivity index (χ2v) is 5.08. The third-order valence-corrected chi connectivity index (χ3v) is 2.85. The van der Waals surface area contributed by atoms with Crippen LogP contribution in [-0.2, 0) is 6.54 Å². The highest BCUT2D eigenvalue weighted by atomic mass is 16.2. The Morgan fingerprint density at radius 2 is 2.00 bits per heavy atom. The molecule has 102 valence electrons. The first kappa shape index (κ1) is 15.0. The van der Waals surface area contributed by atoms with Crippen LogP contribution in [0.15, 0.2) is 24.3 Å². The lowest BCUT2D eigenvalue weighted by Crippen LogP contribution is -2.37. The van der Waals surface area contributed by atoms with Gasteiger partial charge in [-0.3, -0.25) is 0 Å². The van der Waals surface area contributed by atoms with Gasteiger partial charge in [0.15, 0.2) is 0 Å². The van der Waals surface area contributed by atoms with Crippen LogP contribution in [0.25, 0.3) is 0 Å². The lowest BCUT2D eigenvalue weighted by Gasteiger charge is -2.18. The maximum Gasteiger partial charge on any atom is 0.317 e. The lowest BCUT2D eigenvalue weighted by molar-refractivity contribution is 0.206. The van der Waals surface area contributed by atoms with Crippen LogP contribution < -0.4 is 5.32 Å². The summed E-state index contributed by atoms with van der Waals surface area (Å²) in [6.45, 7) is 5.51. The van der Waals surface area contributed by atoms with E-state index < -0.39 is 0 Å². The minimum atomic E-state index is -0.0648. The second kappa shape index (κ2) is 7.42. The maximum atomic E-state index is 11.8. The van der Waals surface area contributed by atoms with Crippen molar-refractivity contribution in [1.82, 2.24) is 10.2 Å². The van der Waals surface area contributed by atoms with Gasteiger partial charge in [-0.2, -0.15) is 5.26 Å². The van der Waals surface area contributed by atoms with Gasteiger partial charge in [-0.05, 0) is 30.0 Å². The molecule has 1 aromatic carbocycles. The summed E-state index contributed by atoms with van der Waals surface area (Å²) < 4.78 is 0. The minimum Gasteiger partial charge on any atom is -0.338 e. The smallest absolute Gasteiger partial charge is 0.317 e. The SMILES string of the molecule is CC(C)CCNC(=O)N(C)Cc1ccc(C#N)cc1. The van der Waals surface area contributed by atoms with E-state index in [1.54, 1.807) is 24.1 Å². The van der Waals surface area contributed by atoms with E-state index in [0.29, 0.717) is 24.6 Å². The third-order valence-electron chi connectivity index (χ3n) is 2.85. The molecule has 0 unspecified atom stereocenters. The number of benzene rings is 1. The first-order valence-electron chi connectivity index (χ1n) is 6.51. The number of nitrogens with zero attached hydrogens (tertiary/aromatic N) is 2. The van der Waals surface area contributed by atoms with Crippen LogP contribution in [0.2, 0.25) is 0 Å². The summed E-state index contributed by atoms with van der Waals surface area (Å²) >= 11 is 0. The van der Waals surface area contributed by atoms with Crippen LogP contribution in [0.1, 0.15) is 31.4 Å². The maximum absolute atomic E-state index is 11.8. The first-order valence-corrected chi connectivity index (χ1v) is 6.51. The molecule has 1 N–H and O–H groups in total. The zero-order valence-corrected chi connectivity index (χ0v) is 11.8. The molecule has 0 atom stereocenters. The third kappa shape index (κ3) is 5.43. The monoisotopic (exact) mass is 259 g/mol. The summed E-state index contributed by atoms with van der Waals surface area (Å²) in [5.41, 5.74) is 1.65. The highest BCUT2D eigenvalue weighted by Gasteiger charge is 2.08. The largest absolute Gasteiger partial charge is 0.338 e. The van der Waals surface area contributed by atoms with Gasteiger partial charge in [0.25, 0.3) is 0 Å². The summed E-state index contributed by atoms with van der Waals surface area (Å²) in [4.78, 5) is 13.5. The second-order valence-electron chi connectivity index (χ2n) is 5.08. The van der Waals surface area contributed by atoms with Crippen molar-refractivity contribution < 1.29 is 4.79 Å². The number of rotatable bonds is 5. The van der Waals surface area contributed by atoms with Crippen molar-refractivity contribution in [2.45, 2.75) is 26.8 Å². The van der Waals surface area contributed by atoms with Gasteiger partial charge in [-0.15, -0.1) is 0 Å². The van der Waals surface area contributed by atoms with Crippen LogP contribution in [0.5, 0.6) is 0 Å². The molecule has 2 amide bonds. The van der Waals surface area contributed by atoms with Gasteiger partial charge in [0.1, 0.15) is 0 Å². The standard InChI is InChI=1S/C15H21N3O/c1-12(2)8-9-17-15(19)18(3)11-14-6-4-13(10-16)5-7-14/h4-7,12H,8-9,11H2,1-3H3,(H,17,19). The van der Waals surface area contributed by atoms with Crippen molar-refractivity contribution in [1.29, 1.82) is 5.26 Å². The number of carbonyl (C=O) groups excluding carboxylic acids is 1. The van der Waals surface area contributed by atoms with Gasteiger partial charge in [0.2, 0.25) is 0 Å². The highest BCUT2D eigenvalue weighted by molar-refractivity contribution is 5.73. The van der Waals surface area contributed by atoms with Crippen LogP contribution in [0, 0.1) is 17.2 Å². The molecule has 0 radical (unpaired) electrons. The molecular formula is C15H21N3O. The Morgan fingerprint density at radius 3 is 2.53 bits per heavy atom. The van der Waals surface area contributed by atoms with Crippen molar-refractivity contribution in [3.05, 3.63) is 35.4 Å². The van der Waals surface area contributed by atoms with E-state index in [1.165, 1.54) is 0 Å². The summed E-state index contributed by atoms with van der Waals surface area (Å²) in [5, 5.41) is 11.6. The summed E-state index contributed by atoms with van der Waals surface area (Å²) in [5.74, 6) is 0.587. The molecule has 0 aliphatic heterocycles. The average molecular weight is 259 g/mol. The number of nitriles is 1. The molecule has 4 heteroatoms. The Hall–Kier alpha value is -2.02. The highest BCUT2D eigenvalue weighted by Crippen LogP contribution is 2.06. The Balaban J connectivity index is 2.42. The van der Waals surface area contributed by atoms with E-state index in [1.807, 2.05) is 12.1 Å². The topological polar surface area (TPSA) is 56.1 Å². The number of amides is 2. The molecule has 0 saturated heterocycles. The van der Waals surface area contributed by atoms with E-state index in [-0.39, 0.29) is 6.03 Å². The van der Waals surface area contributed by atoms with E-state index in [9.17, 15) is 4.79 Å². The zero-order chi connectivity index (χ0) is 14.3. The summed E-state index contributed by atoms with van der Waals surface area (Å²) in [6, 6.07) is 9.28. The Kier molecular flexibility index (Phi) is 5.87. The molecule has 0 saturated carbocycles. The molecule has 4 nitrogen and oxygen atoms in total. The minimum absolute atomic E-state index is 0.0648. The van der Waals surface area contributed by atoms with Crippen molar-refractivity contribution in [3.63, 3.8) is 0 Å². The molecule has 0 heterocycles. The molecule has 1 aromatic rings. The fraction of sp³-hybridized carbons (Fsp3) is 0.467. The van der Waals surface area contributed by atoms with Crippen LogP contribution in [0.4, 0.5) is 4.79 Å². The molecule has 0 aliphatic carbocycles. The quantitative estimate of drug-likeness (QED) is 0.884. The van der Waals surface area contributed by atoms with E-state index in [2.05, 4.69) is 25.2 Å². The van der Waals surface area contributed by atoms with Gasteiger partial charge in [-0.25, -0.2) is 4.79 Å². The van der Waals surface area contributed by atoms with Crippen LogP contribution in [0.3, 0.4) is 0 Å². The molecule has 0 fully saturated rings. The van der Waals surface area contributed by atoms with Gasteiger partial charge >= 0.3 is 6.03 Å². The molecule has 0 bridgehead atoms. The van der Waals surface area contributed by atoms with Crippen LogP contribution in [-0.4, -0.2) is 24.5 Å².